The van der Waals surface area contributed by atoms with Crippen molar-refractivity contribution in [2.24, 2.45) is 7.05 Å². The highest BCUT2D eigenvalue weighted by Crippen LogP contribution is 2.32. The summed E-state index contributed by atoms with van der Waals surface area (Å²) in [6.45, 7) is 2.72. The van der Waals surface area contributed by atoms with Crippen LogP contribution in [-0.2, 0) is 18.3 Å². The average Bonchev–Trinajstić information content (AvgIpc) is 3.07. The molecule has 1 amide bonds. The first-order valence-corrected chi connectivity index (χ1v) is 9.08. The summed E-state index contributed by atoms with van der Waals surface area (Å²) in [5, 5.41) is 13.8. The fourth-order valence-electron chi connectivity index (χ4n) is 4.02. The van der Waals surface area contributed by atoms with E-state index in [-0.39, 0.29) is 11.8 Å². The summed E-state index contributed by atoms with van der Waals surface area (Å²) in [5.41, 5.74) is 2.75. The Morgan fingerprint density at radius 1 is 1.31 bits per heavy atom. The number of nitrogens with zero attached hydrogens (tertiary/aromatic N) is 6. The molecule has 1 fully saturated rings. The van der Waals surface area contributed by atoms with E-state index in [9.17, 15) is 10.1 Å². The van der Waals surface area contributed by atoms with E-state index in [1.807, 2.05) is 22.8 Å². The van der Waals surface area contributed by atoms with Crippen LogP contribution < -0.4 is 4.90 Å². The van der Waals surface area contributed by atoms with E-state index in [2.05, 4.69) is 21.1 Å². The van der Waals surface area contributed by atoms with Crippen LogP contribution in [0.5, 0.6) is 0 Å². The van der Waals surface area contributed by atoms with Gasteiger partial charge in [0.1, 0.15) is 11.9 Å². The lowest BCUT2D eigenvalue weighted by atomic mass is 9.86. The van der Waals surface area contributed by atoms with E-state index in [4.69, 9.17) is 0 Å². The number of hydrogen-bond acceptors (Lipinski definition) is 5. The van der Waals surface area contributed by atoms with Gasteiger partial charge in [-0.2, -0.15) is 10.4 Å². The summed E-state index contributed by atoms with van der Waals surface area (Å²) in [4.78, 5) is 21.5. The highest BCUT2D eigenvalue weighted by molar-refractivity contribution is 5.84. The summed E-state index contributed by atoms with van der Waals surface area (Å²) < 4.78 is 1.82. The topological polar surface area (TPSA) is 78.1 Å². The second-order valence-corrected chi connectivity index (χ2v) is 6.95. The predicted octanol–water partition coefficient (Wildman–Crippen LogP) is 1.46. The Morgan fingerprint density at radius 3 is 2.88 bits per heavy atom. The number of carbonyl (C=O) groups is 1. The van der Waals surface area contributed by atoms with Crippen molar-refractivity contribution in [3.63, 3.8) is 0 Å². The molecular weight excluding hydrogens is 328 g/mol. The smallest absolute Gasteiger partial charge is 0.230 e. The molecule has 0 aromatic carbocycles. The van der Waals surface area contributed by atoms with Crippen molar-refractivity contribution in [3.8, 4) is 6.07 Å². The van der Waals surface area contributed by atoms with Gasteiger partial charge in [-0.25, -0.2) is 4.98 Å². The number of aromatic nitrogens is 3. The second-order valence-electron chi connectivity index (χ2n) is 6.95. The molecule has 26 heavy (non-hydrogen) atoms. The number of anilines is 1. The van der Waals surface area contributed by atoms with Gasteiger partial charge < -0.3 is 9.80 Å². The quantitative estimate of drug-likeness (QED) is 0.819. The van der Waals surface area contributed by atoms with Crippen LogP contribution in [0.25, 0.3) is 0 Å². The third-order valence-electron chi connectivity index (χ3n) is 5.32. The van der Waals surface area contributed by atoms with Crippen LogP contribution in [0.4, 0.5) is 5.82 Å². The molecule has 1 unspecified atom stereocenters. The van der Waals surface area contributed by atoms with Gasteiger partial charge in [-0.05, 0) is 31.4 Å². The molecule has 7 nitrogen and oxygen atoms in total. The minimum Gasteiger partial charge on any atom is -0.352 e. The Hall–Kier alpha value is -2.88. The number of carbonyl (C=O) groups excluding carboxylic acids is 1. The number of hydrogen-bond donors (Lipinski definition) is 0. The summed E-state index contributed by atoms with van der Waals surface area (Å²) in [6, 6.07) is 5.76. The fraction of sp³-hybridized carbons (Fsp3) is 0.474. The molecule has 2 aromatic heterocycles. The molecule has 0 N–H and O–H groups in total. The van der Waals surface area contributed by atoms with Crippen molar-refractivity contribution in [2.75, 3.05) is 31.1 Å². The van der Waals surface area contributed by atoms with E-state index in [1.54, 1.807) is 18.3 Å². The molecule has 1 atom stereocenters. The fourth-order valence-corrected chi connectivity index (χ4v) is 4.02. The molecule has 4 rings (SSSR count). The van der Waals surface area contributed by atoms with Crippen molar-refractivity contribution in [2.45, 2.75) is 25.2 Å². The molecule has 134 valence electrons. The van der Waals surface area contributed by atoms with Crippen molar-refractivity contribution in [1.29, 1.82) is 5.26 Å². The molecule has 0 bridgehead atoms. The monoisotopic (exact) mass is 350 g/mol. The lowest BCUT2D eigenvalue weighted by molar-refractivity contribution is -0.133. The zero-order valence-corrected chi connectivity index (χ0v) is 14.9. The van der Waals surface area contributed by atoms with E-state index in [1.165, 1.54) is 0 Å². The molecule has 1 aliphatic carbocycles. The Kier molecular flexibility index (Phi) is 4.33. The highest BCUT2D eigenvalue weighted by atomic mass is 16.2. The maximum absolute atomic E-state index is 13.1. The molecule has 1 saturated heterocycles. The number of rotatable bonds is 2. The Morgan fingerprint density at radius 2 is 2.12 bits per heavy atom. The maximum Gasteiger partial charge on any atom is 0.230 e. The minimum absolute atomic E-state index is 0.0662. The summed E-state index contributed by atoms with van der Waals surface area (Å²) >= 11 is 0. The number of amides is 1. The van der Waals surface area contributed by atoms with Gasteiger partial charge in [0.05, 0.1) is 17.2 Å². The molecule has 2 aromatic rings. The zero-order valence-electron chi connectivity index (χ0n) is 14.9. The third kappa shape index (κ3) is 2.92. The molecule has 2 aliphatic rings. The van der Waals surface area contributed by atoms with Gasteiger partial charge in [0.15, 0.2) is 0 Å². The zero-order chi connectivity index (χ0) is 18.1. The lowest BCUT2D eigenvalue weighted by Crippen LogP contribution is -2.50. The highest BCUT2D eigenvalue weighted by Gasteiger charge is 2.33. The standard InChI is InChI=1S/C19H22N6O/c1-23-13-16-15(5-2-6-17(16)22-23)19(26)25-10-8-24(9-11-25)18-14(12-20)4-3-7-21-18/h3-4,7,13,15H,2,5-6,8-11H2,1H3. The Bertz CT molecular complexity index is 859. The lowest BCUT2D eigenvalue weighted by Gasteiger charge is -2.37. The van der Waals surface area contributed by atoms with E-state index in [0.29, 0.717) is 37.6 Å². The molecule has 1 aliphatic heterocycles. The molecular formula is C19H22N6O. The summed E-state index contributed by atoms with van der Waals surface area (Å²) in [6.07, 6.45) is 6.58. The first-order valence-electron chi connectivity index (χ1n) is 9.08. The van der Waals surface area contributed by atoms with Crippen molar-refractivity contribution in [1.82, 2.24) is 19.7 Å². The Labute approximate surface area is 152 Å². The van der Waals surface area contributed by atoms with Crippen LogP contribution >= 0.6 is 0 Å². The third-order valence-corrected chi connectivity index (χ3v) is 5.32. The van der Waals surface area contributed by atoms with E-state index in [0.717, 1.165) is 30.5 Å². The van der Waals surface area contributed by atoms with Crippen LogP contribution in [0.2, 0.25) is 0 Å². The van der Waals surface area contributed by atoms with Gasteiger partial charge in [-0.1, -0.05) is 0 Å². The first-order chi connectivity index (χ1) is 12.7. The maximum atomic E-state index is 13.1. The largest absolute Gasteiger partial charge is 0.352 e. The van der Waals surface area contributed by atoms with Gasteiger partial charge in [0.25, 0.3) is 0 Å². The van der Waals surface area contributed by atoms with Gasteiger partial charge in [0.2, 0.25) is 5.91 Å². The van der Waals surface area contributed by atoms with Crippen LogP contribution in [0, 0.1) is 11.3 Å². The minimum atomic E-state index is -0.0662. The van der Waals surface area contributed by atoms with Crippen LogP contribution in [-0.4, -0.2) is 51.8 Å². The molecule has 7 heteroatoms. The number of nitriles is 1. The van der Waals surface area contributed by atoms with Crippen LogP contribution in [0.1, 0.15) is 35.6 Å². The first kappa shape index (κ1) is 16.6. The average molecular weight is 350 g/mol. The van der Waals surface area contributed by atoms with Crippen molar-refractivity contribution < 1.29 is 4.79 Å². The number of aryl methyl sites for hydroxylation is 2. The normalized spacial score (nSPS) is 19.8. The molecule has 0 radical (unpaired) electrons. The van der Waals surface area contributed by atoms with Crippen LogP contribution in [0.3, 0.4) is 0 Å². The summed E-state index contributed by atoms with van der Waals surface area (Å²) in [5.74, 6) is 0.859. The number of fused-ring (bicyclic) bond motifs is 1. The predicted molar refractivity (Wildman–Crippen MR) is 96.6 cm³/mol. The van der Waals surface area contributed by atoms with Crippen LogP contribution in [0.15, 0.2) is 24.5 Å². The van der Waals surface area contributed by atoms with Gasteiger partial charge >= 0.3 is 0 Å². The van der Waals surface area contributed by atoms with Gasteiger partial charge in [-0.3, -0.25) is 9.48 Å². The molecule has 0 saturated carbocycles. The van der Waals surface area contributed by atoms with Gasteiger partial charge in [-0.15, -0.1) is 0 Å². The van der Waals surface area contributed by atoms with Crippen molar-refractivity contribution in [3.05, 3.63) is 41.3 Å². The SMILES string of the molecule is Cn1cc2c(n1)CCCC2C(=O)N1CCN(c2ncccc2C#N)CC1. The second kappa shape index (κ2) is 6.79. The van der Waals surface area contributed by atoms with Gasteiger partial charge in [0, 0.05) is 51.2 Å². The number of piperazine rings is 1. The molecule has 3 heterocycles. The number of pyridine rings is 1. The summed E-state index contributed by atoms with van der Waals surface area (Å²) in [7, 11) is 1.91. The Balaban J connectivity index is 1.45. The van der Waals surface area contributed by atoms with E-state index >= 15 is 0 Å². The molecule has 0 spiro atoms. The van der Waals surface area contributed by atoms with Crippen molar-refractivity contribution >= 4 is 11.7 Å². The van der Waals surface area contributed by atoms with E-state index < -0.39 is 0 Å².